The number of hydrogen-bond acceptors (Lipinski definition) is 10. The molecule has 0 spiro atoms. The lowest BCUT2D eigenvalue weighted by atomic mass is 9.87. The molecule has 3 amide bonds. The maximum absolute atomic E-state index is 15.0. The maximum atomic E-state index is 15.0. The Morgan fingerprint density at radius 1 is 0.902 bits per heavy atom. The molecule has 6 heterocycles. The van der Waals surface area contributed by atoms with Crippen molar-refractivity contribution in [3.8, 4) is 16.9 Å². The van der Waals surface area contributed by atoms with Gasteiger partial charge in [0.25, 0.3) is 5.56 Å². The van der Waals surface area contributed by atoms with Gasteiger partial charge in [-0.25, -0.2) is 19.2 Å². The second-order valence-corrected chi connectivity index (χ2v) is 17.1. The van der Waals surface area contributed by atoms with Crippen molar-refractivity contribution >= 4 is 34.8 Å². The van der Waals surface area contributed by atoms with E-state index in [2.05, 4.69) is 43.7 Å². The molecule has 318 valence electrons. The third-order valence-corrected chi connectivity index (χ3v) is 13.2. The van der Waals surface area contributed by atoms with Crippen molar-refractivity contribution in [3.63, 3.8) is 0 Å². The van der Waals surface area contributed by atoms with Gasteiger partial charge in [0.1, 0.15) is 11.8 Å². The molecule has 1 saturated carbocycles. The number of ether oxygens (including phenoxy) is 1. The Bertz CT molecular complexity index is 2480. The molecule has 0 radical (unpaired) electrons. The van der Waals surface area contributed by atoms with Crippen molar-refractivity contribution in [1.82, 2.24) is 39.4 Å². The Kier molecular flexibility index (Phi) is 11.6. The van der Waals surface area contributed by atoms with E-state index in [1.807, 2.05) is 16.6 Å². The molecule has 1 atom stereocenters. The maximum Gasteiger partial charge on any atom is 0.410 e. The zero-order chi connectivity index (χ0) is 42.0. The Morgan fingerprint density at radius 2 is 1.70 bits per heavy atom. The van der Waals surface area contributed by atoms with E-state index in [0.717, 1.165) is 87.6 Å². The van der Waals surface area contributed by atoms with Crippen LogP contribution in [0.15, 0.2) is 77.9 Å². The van der Waals surface area contributed by atoms with Gasteiger partial charge in [-0.15, -0.1) is 0 Å². The third kappa shape index (κ3) is 8.93. The normalized spacial score (nSPS) is 22.0. The standard InChI is InChI=1S/C46H52FN9O5/c1-53-39-26-31(8-13-36(39)43(52-53)37-14-15-40(57)50-44(37)59)30-18-21-54(22-19-30)28-29-16-23-55(24-17-29)46(60)61-35-11-9-33(10-12-35)49-45-48-27-38(47)42(51-45)32-5-4-6-34(25-32)56-20-3-2-7-41(56)58/h2-8,13,20,25-27,29-30,33,35,37H,9-12,14-19,21-24,28H2,1H3,(H,48,49,51)(H,50,57,59)/t33?,35?,37-/m1/s1. The smallest absolute Gasteiger partial charge is 0.410 e. The first-order chi connectivity index (χ1) is 29.6. The molecule has 14 nitrogen and oxygen atoms in total. The highest BCUT2D eigenvalue weighted by molar-refractivity contribution is 6.02. The number of likely N-dealkylation sites (tertiary alicyclic amines) is 2. The van der Waals surface area contributed by atoms with Gasteiger partial charge in [-0.2, -0.15) is 5.10 Å². The molecule has 3 aliphatic heterocycles. The number of rotatable bonds is 9. The van der Waals surface area contributed by atoms with E-state index in [1.54, 1.807) is 42.6 Å². The topological polar surface area (TPSA) is 157 Å². The zero-order valence-corrected chi connectivity index (χ0v) is 34.5. The van der Waals surface area contributed by atoms with Crippen molar-refractivity contribution in [2.45, 2.75) is 88.2 Å². The number of fused-ring (bicyclic) bond motifs is 1. The minimum atomic E-state index is -0.551. The Labute approximate surface area is 353 Å². The first-order valence-electron chi connectivity index (χ1n) is 21.7. The zero-order valence-electron chi connectivity index (χ0n) is 34.5. The van der Waals surface area contributed by atoms with Gasteiger partial charge in [0.15, 0.2) is 5.82 Å². The fraction of sp³-hybridized carbons (Fsp3) is 0.457. The number of nitrogens with one attached hydrogen (secondary N) is 2. The van der Waals surface area contributed by atoms with Crippen LogP contribution in [0.2, 0.25) is 0 Å². The number of anilines is 1. The number of amides is 3. The summed E-state index contributed by atoms with van der Waals surface area (Å²) >= 11 is 0. The van der Waals surface area contributed by atoms with Gasteiger partial charge < -0.3 is 19.9 Å². The molecular formula is C46H52FN9O5. The van der Waals surface area contributed by atoms with Crippen LogP contribution in [-0.2, 0) is 21.4 Å². The molecule has 3 aromatic heterocycles. The van der Waals surface area contributed by atoms with Crippen LogP contribution in [0.3, 0.4) is 0 Å². The highest BCUT2D eigenvalue weighted by atomic mass is 19.1. The number of pyridine rings is 1. The van der Waals surface area contributed by atoms with Gasteiger partial charge in [-0.1, -0.05) is 30.3 Å². The van der Waals surface area contributed by atoms with Crippen LogP contribution < -0.4 is 16.2 Å². The number of carbonyl (C=O) groups is 3. The fourth-order valence-electron chi connectivity index (χ4n) is 9.69. The molecule has 1 aliphatic carbocycles. The predicted octanol–water partition coefficient (Wildman–Crippen LogP) is 6.29. The van der Waals surface area contributed by atoms with E-state index < -0.39 is 11.7 Å². The number of halogens is 1. The lowest BCUT2D eigenvalue weighted by Crippen LogP contribution is -2.44. The fourth-order valence-corrected chi connectivity index (χ4v) is 9.69. The number of carbonyl (C=O) groups excluding carboxylic acids is 3. The van der Waals surface area contributed by atoms with Gasteiger partial charge in [0, 0.05) is 68.0 Å². The monoisotopic (exact) mass is 829 g/mol. The summed E-state index contributed by atoms with van der Waals surface area (Å²) in [6, 6.07) is 18.6. The highest BCUT2D eigenvalue weighted by Gasteiger charge is 2.33. The van der Waals surface area contributed by atoms with Crippen LogP contribution in [0.4, 0.5) is 15.1 Å². The minimum absolute atomic E-state index is 0.0630. The number of benzene rings is 2. The molecule has 5 aromatic rings. The van der Waals surface area contributed by atoms with E-state index in [4.69, 9.17) is 9.84 Å². The predicted molar refractivity (Wildman–Crippen MR) is 228 cm³/mol. The van der Waals surface area contributed by atoms with Crippen LogP contribution in [0.1, 0.15) is 87.3 Å². The lowest BCUT2D eigenvalue weighted by Gasteiger charge is -2.38. The number of aryl methyl sites for hydroxylation is 1. The van der Waals surface area contributed by atoms with Crippen molar-refractivity contribution in [2.24, 2.45) is 13.0 Å². The second-order valence-electron chi connectivity index (χ2n) is 17.1. The van der Waals surface area contributed by atoms with Gasteiger partial charge in [0.05, 0.1) is 23.3 Å². The molecule has 0 bridgehead atoms. The molecule has 2 N–H and O–H groups in total. The van der Waals surface area contributed by atoms with E-state index in [0.29, 0.717) is 55.0 Å². The molecule has 15 heteroatoms. The first kappa shape index (κ1) is 40.4. The lowest BCUT2D eigenvalue weighted by molar-refractivity contribution is -0.134. The van der Waals surface area contributed by atoms with Crippen LogP contribution in [0.25, 0.3) is 27.8 Å². The molecule has 0 unspecified atom stereocenters. The highest BCUT2D eigenvalue weighted by Crippen LogP contribution is 2.35. The summed E-state index contributed by atoms with van der Waals surface area (Å²) in [7, 11) is 1.92. The first-order valence-corrected chi connectivity index (χ1v) is 21.7. The summed E-state index contributed by atoms with van der Waals surface area (Å²) < 4.78 is 24.3. The quantitative estimate of drug-likeness (QED) is 0.162. The van der Waals surface area contributed by atoms with E-state index in [9.17, 15) is 23.6 Å². The van der Waals surface area contributed by atoms with Gasteiger partial charge >= 0.3 is 6.09 Å². The summed E-state index contributed by atoms with van der Waals surface area (Å²) in [5.74, 6) is -0.0940. The van der Waals surface area contributed by atoms with Gasteiger partial charge in [0.2, 0.25) is 17.8 Å². The molecule has 4 fully saturated rings. The Morgan fingerprint density at radius 3 is 2.48 bits per heavy atom. The molecular weight excluding hydrogens is 778 g/mol. The van der Waals surface area contributed by atoms with Crippen LogP contribution >= 0.6 is 0 Å². The average molecular weight is 830 g/mol. The molecule has 9 rings (SSSR count). The van der Waals surface area contributed by atoms with E-state index in [-0.39, 0.29) is 41.3 Å². The van der Waals surface area contributed by atoms with Gasteiger partial charge in [-0.3, -0.25) is 28.9 Å². The summed E-state index contributed by atoms with van der Waals surface area (Å²) in [6.07, 6.45) is 10.4. The molecule has 4 aliphatic rings. The SMILES string of the molecule is Cn1nc([C@H]2CCC(=O)NC2=O)c2ccc(C3CCN(CC4CCN(C(=O)OC5CCC(Nc6ncc(F)c(-c7cccc(-n8ccccc8=O)c7)n6)CC5)CC4)CC3)cc21. The van der Waals surface area contributed by atoms with Crippen LogP contribution in [0.5, 0.6) is 0 Å². The average Bonchev–Trinajstić information content (AvgIpc) is 3.60. The van der Waals surface area contributed by atoms with Crippen molar-refractivity contribution in [1.29, 1.82) is 0 Å². The van der Waals surface area contributed by atoms with E-state index >= 15 is 0 Å². The molecule has 61 heavy (non-hydrogen) atoms. The van der Waals surface area contributed by atoms with Crippen molar-refractivity contribution in [2.75, 3.05) is 38.0 Å². The third-order valence-electron chi connectivity index (χ3n) is 13.2. The summed E-state index contributed by atoms with van der Waals surface area (Å²) in [5, 5.41) is 11.5. The van der Waals surface area contributed by atoms with Gasteiger partial charge in [-0.05, 0) is 113 Å². The molecule has 3 saturated heterocycles. The summed E-state index contributed by atoms with van der Waals surface area (Å²) in [6.45, 7) is 4.53. The summed E-state index contributed by atoms with van der Waals surface area (Å²) in [4.78, 5) is 63.0. The molecule has 2 aromatic carbocycles. The Balaban J connectivity index is 0.703. The number of nitrogens with zero attached hydrogens (tertiary/aromatic N) is 7. The number of hydrogen-bond donors (Lipinski definition) is 2. The number of aromatic nitrogens is 5. The van der Waals surface area contributed by atoms with Crippen molar-refractivity contribution in [3.05, 3.63) is 100 Å². The van der Waals surface area contributed by atoms with Crippen LogP contribution in [-0.4, -0.2) is 96.9 Å². The Hall–Kier alpha value is -5.96. The summed E-state index contributed by atoms with van der Waals surface area (Å²) in [5.41, 5.74) is 4.20. The van der Waals surface area contributed by atoms with Crippen molar-refractivity contribution < 1.29 is 23.5 Å². The number of imide groups is 1. The second kappa shape index (κ2) is 17.6. The largest absolute Gasteiger partial charge is 0.446 e. The van der Waals surface area contributed by atoms with E-state index in [1.165, 1.54) is 22.4 Å². The number of piperidine rings is 3. The van der Waals surface area contributed by atoms with Crippen LogP contribution in [0, 0.1) is 11.7 Å². The minimum Gasteiger partial charge on any atom is -0.446 e.